The van der Waals surface area contributed by atoms with Crippen LogP contribution < -0.4 is 4.72 Å². The third-order valence-corrected chi connectivity index (χ3v) is 3.87. The lowest BCUT2D eigenvalue weighted by Crippen LogP contribution is -2.35. The maximum atomic E-state index is 12.0. The molecule has 0 saturated heterocycles. The number of aliphatic hydroxyl groups excluding tert-OH is 1. The molecule has 0 aliphatic heterocycles. The summed E-state index contributed by atoms with van der Waals surface area (Å²) in [6.07, 6.45) is -5.00. The molecule has 0 heterocycles. The summed E-state index contributed by atoms with van der Waals surface area (Å²) in [4.78, 5) is -0.0535. The smallest absolute Gasteiger partial charge is 0.265 e. The van der Waals surface area contributed by atoms with E-state index in [1.807, 2.05) is 4.72 Å². The second-order valence-corrected chi connectivity index (χ2v) is 5.89. The first kappa shape index (κ1) is 14.5. The first-order chi connectivity index (χ1) is 7.83. The van der Waals surface area contributed by atoms with E-state index in [-0.39, 0.29) is 4.90 Å². The number of hydrogen-bond acceptors (Lipinski definition) is 3. The molecule has 0 aliphatic rings. The monoisotopic (exact) mass is 329 g/mol. The average molecular weight is 330 g/mol. The Morgan fingerprint density at radius 1 is 1.29 bits per heavy atom. The van der Waals surface area contributed by atoms with Crippen molar-refractivity contribution >= 4 is 26.0 Å². The number of halogens is 3. The van der Waals surface area contributed by atoms with Crippen molar-refractivity contribution in [3.63, 3.8) is 0 Å². The van der Waals surface area contributed by atoms with Crippen molar-refractivity contribution in [1.29, 1.82) is 0 Å². The fourth-order valence-corrected chi connectivity index (χ4v) is 2.30. The molecule has 1 aromatic rings. The quantitative estimate of drug-likeness (QED) is 0.857. The molecular formula is C9H10BrF2NO3S. The van der Waals surface area contributed by atoms with Crippen molar-refractivity contribution < 1.29 is 22.3 Å². The molecule has 1 atom stereocenters. The van der Waals surface area contributed by atoms with Crippen molar-refractivity contribution in [1.82, 2.24) is 4.72 Å². The van der Waals surface area contributed by atoms with Gasteiger partial charge in [0.05, 0.1) is 4.90 Å². The van der Waals surface area contributed by atoms with Crippen LogP contribution in [-0.2, 0) is 10.0 Å². The van der Waals surface area contributed by atoms with Crippen LogP contribution >= 0.6 is 15.9 Å². The zero-order valence-electron chi connectivity index (χ0n) is 8.48. The highest BCUT2D eigenvalue weighted by molar-refractivity contribution is 9.10. The van der Waals surface area contributed by atoms with Crippen molar-refractivity contribution in [3.05, 3.63) is 28.7 Å². The zero-order chi connectivity index (χ0) is 13.1. The Morgan fingerprint density at radius 3 is 2.29 bits per heavy atom. The van der Waals surface area contributed by atoms with Gasteiger partial charge in [0.1, 0.15) is 6.10 Å². The van der Waals surface area contributed by atoms with Crippen LogP contribution in [0.5, 0.6) is 0 Å². The Hall–Kier alpha value is -0.570. The van der Waals surface area contributed by atoms with E-state index in [1.54, 1.807) is 0 Å². The molecule has 1 unspecified atom stereocenters. The van der Waals surface area contributed by atoms with E-state index >= 15 is 0 Å². The van der Waals surface area contributed by atoms with Gasteiger partial charge in [-0.15, -0.1) is 0 Å². The summed E-state index contributed by atoms with van der Waals surface area (Å²) >= 11 is 3.14. The Labute approximate surface area is 106 Å². The Kier molecular flexibility index (Phi) is 4.99. The Bertz CT molecular complexity index is 464. The third kappa shape index (κ3) is 4.30. The molecule has 0 aliphatic carbocycles. The van der Waals surface area contributed by atoms with E-state index in [0.717, 1.165) is 0 Å². The normalized spacial score (nSPS) is 13.9. The first-order valence-electron chi connectivity index (χ1n) is 4.54. The summed E-state index contributed by atoms with van der Waals surface area (Å²) < 4.78 is 49.7. The maximum absolute atomic E-state index is 12.0. The molecule has 0 amide bonds. The number of aliphatic hydroxyl groups is 1. The van der Waals surface area contributed by atoms with E-state index in [2.05, 4.69) is 15.9 Å². The largest absolute Gasteiger partial charge is 0.386 e. The lowest BCUT2D eigenvalue weighted by atomic mass is 10.4. The summed E-state index contributed by atoms with van der Waals surface area (Å²) in [5.74, 6) is 0. The van der Waals surface area contributed by atoms with E-state index in [4.69, 9.17) is 5.11 Å². The van der Waals surface area contributed by atoms with Crippen molar-refractivity contribution in [2.45, 2.75) is 17.4 Å². The highest BCUT2D eigenvalue weighted by Crippen LogP contribution is 2.14. The number of alkyl halides is 2. The van der Waals surface area contributed by atoms with E-state index in [9.17, 15) is 17.2 Å². The van der Waals surface area contributed by atoms with Crippen LogP contribution in [0.1, 0.15) is 0 Å². The maximum Gasteiger partial charge on any atom is 0.265 e. The van der Waals surface area contributed by atoms with Crippen LogP contribution in [-0.4, -0.2) is 32.6 Å². The highest BCUT2D eigenvalue weighted by Gasteiger charge is 2.20. The molecule has 0 bridgehead atoms. The number of nitrogens with one attached hydrogen (secondary N) is 1. The molecule has 0 radical (unpaired) electrons. The summed E-state index contributed by atoms with van der Waals surface area (Å²) in [5.41, 5.74) is 0. The second-order valence-electron chi connectivity index (χ2n) is 3.21. The van der Waals surface area contributed by atoms with Crippen LogP contribution in [0.4, 0.5) is 8.78 Å². The molecule has 2 N–H and O–H groups in total. The van der Waals surface area contributed by atoms with E-state index in [1.165, 1.54) is 24.3 Å². The molecule has 0 saturated carbocycles. The highest BCUT2D eigenvalue weighted by atomic mass is 79.9. The van der Waals surface area contributed by atoms with Crippen molar-refractivity contribution in [3.8, 4) is 0 Å². The van der Waals surface area contributed by atoms with Gasteiger partial charge in [-0.1, -0.05) is 15.9 Å². The van der Waals surface area contributed by atoms with Crippen LogP contribution in [0.25, 0.3) is 0 Å². The fourth-order valence-electron chi connectivity index (χ4n) is 0.981. The van der Waals surface area contributed by atoms with Crippen LogP contribution in [0.3, 0.4) is 0 Å². The van der Waals surface area contributed by atoms with Gasteiger partial charge in [0.25, 0.3) is 6.43 Å². The van der Waals surface area contributed by atoms with Gasteiger partial charge in [0.15, 0.2) is 0 Å². The molecule has 0 spiro atoms. The van der Waals surface area contributed by atoms with Crippen LogP contribution in [0.2, 0.25) is 0 Å². The predicted octanol–water partition coefficient (Wildman–Crippen LogP) is 1.35. The van der Waals surface area contributed by atoms with E-state index in [0.29, 0.717) is 4.47 Å². The van der Waals surface area contributed by atoms with Crippen molar-refractivity contribution in [2.24, 2.45) is 0 Å². The van der Waals surface area contributed by atoms with E-state index < -0.39 is 29.1 Å². The number of benzene rings is 1. The minimum absolute atomic E-state index is 0.0535. The molecular weight excluding hydrogens is 320 g/mol. The first-order valence-corrected chi connectivity index (χ1v) is 6.82. The molecule has 1 aromatic carbocycles. The lowest BCUT2D eigenvalue weighted by Gasteiger charge is -2.11. The summed E-state index contributed by atoms with van der Waals surface area (Å²) in [6.45, 7) is -0.726. The SMILES string of the molecule is O=S(=O)(NCC(O)C(F)F)c1ccc(Br)cc1. The summed E-state index contributed by atoms with van der Waals surface area (Å²) in [5, 5.41) is 8.80. The Morgan fingerprint density at radius 2 is 1.82 bits per heavy atom. The topological polar surface area (TPSA) is 66.4 Å². The predicted molar refractivity (Wildman–Crippen MR) is 61.3 cm³/mol. The fraction of sp³-hybridized carbons (Fsp3) is 0.333. The number of hydrogen-bond donors (Lipinski definition) is 2. The molecule has 0 aromatic heterocycles. The van der Waals surface area contributed by atoms with Crippen LogP contribution in [0, 0.1) is 0 Å². The number of rotatable bonds is 5. The van der Waals surface area contributed by atoms with Gasteiger partial charge in [-0.25, -0.2) is 21.9 Å². The van der Waals surface area contributed by atoms with Gasteiger partial charge >= 0.3 is 0 Å². The van der Waals surface area contributed by atoms with Gasteiger partial charge in [-0.05, 0) is 24.3 Å². The standard InChI is InChI=1S/C9H10BrF2NO3S/c10-6-1-3-7(4-2-6)17(15,16)13-5-8(14)9(11)12/h1-4,8-9,13-14H,5H2. The summed E-state index contributed by atoms with van der Waals surface area (Å²) in [6, 6.07) is 5.67. The molecule has 8 heteroatoms. The summed E-state index contributed by atoms with van der Waals surface area (Å²) in [7, 11) is -3.87. The molecule has 0 fully saturated rings. The van der Waals surface area contributed by atoms with Gasteiger partial charge in [-0.2, -0.15) is 0 Å². The second kappa shape index (κ2) is 5.85. The van der Waals surface area contributed by atoms with Gasteiger partial charge in [0.2, 0.25) is 10.0 Å². The lowest BCUT2D eigenvalue weighted by molar-refractivity contribution is -0.000451. The molecule has 17 heavy (non-hydrogen) atoms. The minimum Gasteiger partial charge on any atom is -0.386 e. The van der Waals surface area contributed by atoms with Crippen molar-refractivity contribution in [2.75, 3.05) is 6.54 Å². The molecule has 1 rings (SSSR count). The molecule has 4 nitrogen and oxygen atoms in total. The zero-order valence-corrected chi connectivity index (χ0v) is 10.9. The van der Waals surface area contributed by atoms with Crippen LogP contribution in [0.15, 0.2) is 33.6 Å². The van der Waals surface area contributed by atoms with Gasteiger partial charge < -0.3 is 5.11 Å². The van der Waals surface area contributed by atoms with Gasteiger partial charge in [0, 0.05) is 11.0 Å². The minimum atomic E-state index is -3.87. The number of sulfonamides is 1. The third-order valence-electron chi connectivity index (χ3n) is 1.90. The Balaban J connectivity index is 2.72. The van der Waals surface area contributed by atoms with Gasteiger partial charge in [-0.3, -0.25) is 0 Å². The molecule has 96 valence electrons. The average Bonchev–Trinajstić information content (AvgIpc) is 2.26.